The van der Waals surface area contributed by atoms with E-state index in [1.165, 1.54) is 0 Å². The first-order valence-electron chi connectivity index (χ1n) is 6.70. The van der Waals surface area contributed by atoms with Gasteiger partial charge in [-0.1, -0.05) is 6.07 Å². The van der Waals surface area contributed by atoms with Gasteiger partial charge in [0.05, 0.1) is 24.1 Å². The Bertz CT molecular complexity index is 532. The summed E-state index contributed by atoms with van der Waals surface area (Å²) in [5.41, 5.74) is 2.90. The highest BCUT2D eigenvalue weighted by atomic mass is 32.1. The van der Waals surface area contributed by atoms with Crippen molar-refractivity contribution in [1.29, 1.82) is 0 Å². The molecule has 0 amide bonds. The summed E-state index contributed by atoms with van der Waals surface area (Å²) in [6.07, 6.45) is 1.82. The molecule has 0 saturated heterocycles. The maximum Gasteiger partial charge on any atom is 0.128 e. The lowest BCUT2D eigenvalue weighted by Crippen LogP contribution is -2.19. The minimum Gasteiger partial charge on any atom is -0.497 e. The summed E-state index contributed by atoms with van der Waals surface area (Å²) in [5.74, 6) is 1.61. The molecule has 0 aliphatic carbocycles. The number of hydrogen-bond donors (Lipinski definition) is 1. The van der Waals surface area contributed by atoms with Crippen LogP contribution in [0.25, 0.3) is 0 Å². The molecule has 5 nitrogen and oxygen atoms in total. The SMILES string of the molecule is COCCNCc1ccc(OC)cc1OCc1cncs1. The summed E-state index contributed by atoms with van der Waals surface area (Å²) in [5, 5.41) is 3.32. The third kappa shape index (κ3) is 5.00. The summed E-state index contributed by atoms with van der Waals surface area (Å²) < 4.78 is 16.2. The van der Waals surface area contributed by atoms with Crippen molar-refractivity contribution in [2.45, 2.75) is 13.2 Å². The predicted octanol–water partition coefficient (Wildman–Crippen LogP) is 2.47. The topological polar surface area (TPSA) is 52.6 Å². The monoisotopic (exact) mass is 308 g/mol. The Hall–Kier alpha value is -1.63. The van der Waals surface area contributed by atoms with Gasteiger partial charge in [-0.15, -0.1) is 11.3 Å². The van der Waals surface area contributed by atoms with Gasteiger partial charge in [-0.3, -0.25) is 4.98 Å². The van der Waals surface area contributed by atoms with Crippen LogP contribution in [0.3, 0.4) is 0 Å². The largest absolute Gasteiger partial charge is 0.497 e. The van der Waals surface area contributed by atoms with Gasteiger partial charge in [-0.2, -0.15) is 0 Å². The molecule has 0 unspecified atom stereocenters. The first kappa shape index (κ1) is 15.8. The lowest BCUT2D eigenvalue weighted by Gasteiger charge is -2.13. The number of rotatable bonds is 9. The average molecular weight is 308 g/mol. The Balaban J connectivity index is 2.00. The lowest BCUT2D eigenvalue weighted by molar-refractivity contribution is 0.199. The number of thiazole rings is 1. The van der Waals surface area contributed by atoms with E-state index in [1.54, 1.807) is 31.1 Å². The maximum atomic E-state index is 5.90. The van der Waals surface area contributed by atoms with Crippen molar-refractivity contribution in [2.75, 3.05) is 27.4 Å². The standard InChI is InChI=1S/C15H20N2O3S/c1-18-6-5-16-8-12-3-4-13(19-2)7-15(12)20-10-14-9-17-11-21-14/h3-4,7,9,11,16H,5-6,8,10H2,1-2H3. The molecular formula is C15H20N2O3S. The fourth-order valence-corrected chi connectivity index (χ4v) is 2.31. The zero-order valence-corrected chi connectivity index (χ0v) is 13.1. The van der Waals surface area contributed by atoms with Crippen molar-refractivity contribution in [1.82, 2.24) is 10.3 Å². The van der Waals surface area contributed by atoms with Gasteiger partial charge in [0.2, 0.25) is 0 Å². The number of nitrogens with one attached hydrogen (secondary N) is 1. The number of benzene rings is 1. The van der Waals surface area contributed by atoms with Crippen LogP contribution < -0.4 is 14.8 Å². The molecular weight excluding hydrogens is 288 g/mol. The number of hydrogen-bond acceptors (Lipinski definition) is 6. The van der Waals surface area contributed by atoms with E-state index in [9.17, 15) is 0 Å². The lowest BCUT2D eigenvalue weighted by atomic mass is 10.2. The molecule has 0 atom stereocenters. The number of aromatic nitrogens is 1. The Morgan fingerprint density at radius 1 is 1.29 bits per heavy atom. The van der Waals surface area contributed by atoms with E-state index in [1.807, 2.05) is 24.4 Å². The van der Waals surface area contributed by atoms with Crippen LogP contribution in [0.4, 0.5) is 0 Å². The summed E-state index contributed by atoms with van der Waals surface area (Å²) in [6, 6.07) is 5.86. The van der Waals surface area contributed by atoms with Crippen molar-refractivity contribution in [3.8, 4) is 11.5 Å². The first-order chi connectivity index (χ1) is 10.3. The van der Waals surface area contributed by atoms with Gasteiger partial charge in [0.1, 0.15) is 18.1 Å². The van der Waals surface area contributed by atoms with Gasteiger partial charge in [-0.25, -0.2) is 0 Å². The summed E-state index contributed by atoms with van der Waals surface area (Å²) in [7, 11) is 3.34. The zero-order chi connectivity index (χ0) is 14.9. The van der Waals surface area contributed by atoms with Gasteiger partial charge in [0, 0.05) is 38.0 Å². The molecule has 0 bridgehead atoms. The molecule has 0 aliphatic rings. The molecule has 1 aromatic carbocycles. The Labute approximate surface area is 128 Å². The van der Waals surface area contributed by atoms with Crippen LogP contribution in [0.15, 0.2) is 29.9 Å². The van der Waals surface area contributed by atoms with Crippen molar-refractivity contribution < 1.29 is 14.2 Å². The van der Waals surface area contributed by atoms with Crippen LogP contribution in [-0.2, 0) is 17.9 Å². The highest BCUT2D eigenvalue weighted by Gasteiger charge is 2.07. The highest BCUT2D eigenvalue weighted by Crippen LogP contribution is 2.26. The molecule has 0 aliphatic heterocycles. The first-order valence-corrected chi connectivity index (χ1v) is 7.58. The second kappa shape index (κ2) is 8.61. The van der Waals surface area contributed by atoms with E-state index < -0.39 is 0 Å². The van der Waals surface area contributed by atoms with Gasteiger partial charge in [0.15, 0.2) is 0 Å². The van der Waals surface area contributed by atoms with Crippen molar-refractivity contribution >= 4 is 11.3 Å². The van der Waals surface area contributed by atoms with Crippen LogP contribution in [0.5, 0.6) is 11.5 Å². The Kier molecular flexibility index (Phi) is 6.46. The molecule has 0 fully saturated rings. The van der Waals surface area contributed by atoms with Crippen molar-refractivity contribution in [3.05, 3.63) is 40.3 Å². The van der Waals surface area contributed by atoms with Crippen LogP contribution >= 0.6 is 11.3 Å². The summed E-state index contributed by atoms with van der Waals surface area (Å²) in [4.78, 5) is 5.14. The van der Waals surface area contributed by atoms with Crippen molar-refractivity contribution in [2.24, 2.45) is 0 Å². The maximum absolute atomic E-state index is 5.90. The smallest absolute Gasteiger partial charge is 0.128 e. The molecule has 1 N–H and O–H groups in total. The van der Waals surface area contributed by atoms with E-state index in [0.717, 1.165) is 35.0 Å². The van der Waals surface area contributed by atoms with Gasteiger partial charge < -0.3 is 19.5 Å². The second-order valence-electron chi connectivity index (χ2n) is 4.40. The number of nitrogens with zero attached hydrogens (tertiary/aromatic N) is 1. The molecule has 2 aromatic rings. The summed E-state index contributed by atoms with van der Waals surface area (Å²) in [6.45, 7) is 2.73. The van der Waals surface area contributed by atoms with Crippen molar-refractivity contribution in [3.63, 3.8) is 0 Å². The summed E-state index contributed by atoms with van der Waals surface area (Å²) >= 11 is 1.58. The second-order valence-corrected chi connectivity index (χ2v) is 5.37. The van der Waals surface area contributed by atoms with E-state index in [4.69, 9.17) is 14.2 Å². The fraction of sp³-hybridized carbons (Fsp3) is 0.400. The highest BCUT2D eigenvalue weighted by molar-refractivity contribution is 7.09. The van der Waals surface area contributed by atoms with Crippen LogP contribution in [-0.4, -0.2) is 32.4 Å². The minimum atomic E-state index is 0.517. The molecule has 114 valence electrons. The molecule has 0 spiro atoms. The van der Waals surface area contributed by atoms with E-state index in [0.29, 0.717) is 13.2 Å². The molecule has 2 rings (SSSR count). The van der Waals surface area contributed by atoms with Gasteiger partial charge >= 0.3 is 0 Å². The van der Waals surface area contributed by atoms with E-state index in [-0.39, 0.29) is 0 Å². The normalized spacial score (nSPS) is 10.6. The molecule has 6 heteroatoms. The van der Waals surface area contributed by atoms with E-state index in [2.05, 4.69) is 10.3 Å². The third-order valence-corrected chi connectivity index (χ3v) is 3.68. The van der Waals surface area contributed by atoms with Crippen LogP contribution in [0.2, 0.25) is 0 Å². The fourth-order valence-electron chi connectivity index (χ4n) is 1.80. The van der Waals surface area contributed by atoms with Gasteiger partial charge in [-0.05, 0) is 6.07 Å². The predicted molar refractivity (Wildman–Crippen MR) is 83.0 cm³/mol. The zero-order valence-electron chi connectivity index (χ0n) is 12.3. The Morgan fingerprint density at radius 2 is 2.19 bits per heavy atom. The molecule has 0 radical (unpaired) electrons. The average Bonchev–Trinajstić information content (AvgIpc) is 3.03. The molecule has 0 saturated carbocycles. The van der Waals surface area contributed by atoms with Crippen LogP contribution in [0, 0.1) is 0 Å². The van der Waals surface area contributed by atoms with E-state index >= 15 is 0 Å². The molecule has 1 heterocycles. The third-order valence-electron chi connectivity index (χ3n) is 2.93. The number of methoxy groups -OCH3 is 2. The number of ether oxygens (including phenoxy) is 3. The quantitative estimate of drug-likeness (QED) is 0.721. The molecule has 1 aromatic heterocycles. The molecule has 21 heavy (non-hydrogen) atoms. The Morgan fingerprint density at radius 3 is 2.90 bits per heavy atom. The van der Waals surface area contributed by atoms with Crippen LogP contribution in [0.1, 0.15) is 10.4 Å². The minimum absolute atomic E-state index is 0.517. The van der Waals surface area contributed by atoms with Gasteiger partial charge in [0.25, 0.3) is 0 Å².